The summed E-state index contributed by atoms with van der Waals surface area (Å²) in [5.74, 6) is 0. The van der Waals surface area contributed by atoms with Gasteiger partial charge < -0.3 is 16.4 Å². The molecular formula is C26H23Br2Cl2FeN9O2. The number of benzene rings is 4. The van der Waals surface area contributed by atoms with E-state index < -0.39 is 4.92 Å². The summed E-state index contributed by atoms with van der Waals surface area (Å²) >= 11 is 18.7. The van der Waals surface area contributed by atoms with Crippen molar-refractivity contribution in [3.8, 4) is 0 Å². The topological polar surface area (TPSA) is 201 Å². The van der Waals surface area contributed by atoms with Gasteiger partial charge in [0.25, 0.3) is 5.69 Å². The third-order valence-electron chi connectivity index (χ3n) is 5.02. The standard InChI is InChI=1S/C13H10BrClN2O2.C13H12BrClN2.Fe.HN3.N2/c14-10-5-6-12(13(7-10)17(18)19)16-8-9-3-1-2-4-11(9)15;14-10-5-6-13(12(16)7-10)17-8-9-3-1-2-4-11(9)15;;1-3-2;1-2/h1-7,16H,8H2;1-7,17H,8,16H2;;1H;. The van der Waals surface area contributed by atoms with Gasteiger partial charge in [-0.25, -0.2) is 0 Å². The van der Waals surface area contributed by atoms with Crippen LogP contribution in [0.2, 0.25) is 10.0 Å². The smallest absolute Gasteiger partial charge is 0.293 e. The Labute approximate surface area is 279 Å². The van der Waals surface area contributed by atoms with E-state index in [0.717, 1.165) is 26.3 Å². The molecule has 220 valence electrons. The molecule has 0 aliphatic heterocycles. The summed E-state index contributed by atoms with van der Waals surface area (Å²) in [6.07, 6.45) is 0. The van der Waals surface area contributed by atoms with Crippen LogP contribution in [0, 0.1) is 26.4 Å². The fraction of sp³-hybridized carbons (Fsp3) is 0.0769. The number of nitrogens with one attached hydrogen (secondary N) is 3. The van der Waals surface area contributed by atoms with Gasteiger partial charge in [0.1, 0.15) is 5.69 Å². The number of anilines is 3. The van der Waals surface area contributed by atoms with Crippen molar-refractivity contribution in [2.45, 2.75) is 13.1 Å². The zero-order chi connectivity index (χ0) is 30.8. The molecule has 4 rings (SSSR count). The quantitative estimate of drug-likeness (QED) is 0.0209. The van der Waals surface area contributed by atoms with Crippen LogP contribution in [0.5, 0.6) is 0 Å². The SMILES string of the molecule is N#N.Nc1cc(Br)ccc1NCc1ccccc1Cl.O=[N+]([O-])c1cc(Br)ccc1NCc1ccccc1Cl.[Fe].[N-]=[N+]=N. The van der Waals surface area contributed by atoms with Gasteiger partial charge in [0.15, 0.2) is 0 Å². The second kappa shape index (κ2) is 21.2. The molecule has 5 N–H and O–H groups in total. The molecule has 0 saturated carbocycles. The minimum absolute atomic E-state index is 0. The predicted molar refractivity (Wildman–Crippen MR) is 170 cm³/mol. The van der Waals surface area contributed by atoms with Crippen LogP contribution in [0.25, 0.3) is 10.4 Å². The van der Waals surface area contributed by atoms with Crippen molar-refractivity contribution in [1.82, 2.24) is 0 Å². The first kappa shape index (κ1) is 38.5. The summed E-state index contributed by atoms with van der Waals surface area (Å²) in [6, 6.07) is 25.8. The molecule has 0 heterocycles. The molecule has 0 atom stereocenters. The molecule has 0 bridgehead atoms. The van der Waals surface area contributed by atoms with Crippen molar-refractivity contribution in [3.05, 3.63) is 136 Å². The van der Waals surface area contributed by atoms with Crippen LogP contribution >= 0.6 is 55.1 Å². The van der Waals surface area contributed by atoms with Crippen molar-refractivity contribution in [3.63, 3.8) is 0 Å². The Hall–Kier alpha value is -3.53. The molecular weight excluding hydrogens is 757 g/mol. The molecule has 0 aliphatic rings. The summed E-state index contributed by atoms with van der Waals surface area (Å²) in [4.78, 5) is 12.3. The molecule has 42 heavy (non-hydrogen) atoms. The minimum atomic E-state index is -0.417. The summed E-state index contributed by atoms with van der Waals surface area (Å²) in [5.41, 5.74) is 22.2. The number of hydrogen-bond acceptors (Lipinski definition) is 8. The Bertz CT molecular complexity index is 1510. The van der Waals surface area contributed by atoms with E-state index in [9.17, 15) is 10.1 Å². The first-order chi connectivity index (χ1) is 19.7. The monoisotopic (exact) mass is 777 g/mol. The number of hydrogen-bond donors (Lipinski definition) is 4. The van der Waals surface area contributed by atoms with E-state index in [1.54, 1.807) is 23.1 Å². The molecule has 16 heteroatoms. The maximum atomic E-state index is 11.0. The number of nitro benzene ring substituents is 1. The van der Waals surface area contributed by atoms with Crippen molar-refractivity contribution in [1.29, 1.82) is 16.3 Å². The molecule has 4 aromatic carbocycles. The molecule has 0 amide bonds. The van der Waals surface area contributed by atoms with Crippen molar-refractivity contribution in [2.24, 2.45) is 0 Å². The molecule has 0 spiro atoms. The Morgan fingerprint density at radius 1 is 0.857 bits per heavy atom. The van der Waals surface area contributed by atoms with E-state index in [1.165, 1.54) is 6.07 Å². The van der Waals surface area contributed by atoms with Crippen LogP contribution in [0.15, 0.2) is 93.9 Å². The van der Waals surface area contributed by atoms with Crippen LogP contribution in [-0.2, 0) is 30.2 Å². The fourth-order valence-electron chi connectivity index (χ4n) is 3.16. The minimum Gasteiger partial charge on any atom is -0.397 e. The Kier molecular flexibility index (Phi) is 19.4. The van der Waals surface area contributed by atoms with E-state index in [-0.39, 0.29) is 22.8 Å². The van der Waals surface area contributed by atoms with Crippen LogP contribution in [-0.4, -0.2) is 4.92 Å². The van der Waals surface area contributed by atoms with E-state index in [4.69, 9.17) is 50.8 Å². The molecule has 0 unspecified atom stereocenters. The Morgan fingerprint density at radius 3 is 1.69 bits per heavy atom. The molecule has 0 saturated heterocycles. The third-order valence-corrected chi connectivity index (χ3v) is 6.75. The summed E-state index contributed by atoms with van der Waals surface area (Å²) in [7, 11) is 0. The zero-order valence-corrected chi connectivity index (χ0v) is 27.3. The van der Waals surface area contributed by atoms with Crippen LogP contribution in [0.3, 0.4) is 0 Å². The van der Waals surface area contributed by atoms with Crippen LogP contribution in [0.4, 0.5) is 22.7 Å². The maximum absolute atomic E-state index is 11.0. The molecule has 0 aromatic heterocycles. The number of nitrogen functional groups attached to an aromatic ring is 1. The first-order valence-corrected chi connectivity index (χ1v) is 13.6. The van der Waals surface area contributed by atoms with Gasteiger partial charge in [-0.2, -0.15) is 0 Å². The second-order valence-electron chi connectivity index (χ2n) is 7.64. The Morgan fingerprint density at radius 2 is 1.26 bits per heavy atom. The van der Waals surface area contributed by atoms with Crippen molar-refractivity contribution >= 4 is 77.8 Å². The molecule has 11 nitrogen and oxygen atoms in total. The number of nitrogens with two attached hydrogens (primary N) is 1. The normalized spacial score (nSPS) is 9.00. The summed E-state index contributed by atoms with van der Waals surface area (Å²) in [5, 5.41) is 30.7. The fourth-order valence-corrected chi connectivity index (χ4v) is 4.30. The van der Waals surface area contributed by atoms with Gasteiger partial charge in [-0.15, -0.1) is 5.53 Å². The van der Waals surface area contributed by atoms with Crippen LogP contribution in [0.1, 0.15) is 11.1 Å². The van der Waals surface area contributed by atoms with E-state index in [2.05, 4.69) is 42.5 Å². The average Bonchev–Trinajstić information content (AvgIpc) is 2.95. The molecule has 4 aromatic rings. The van der Waals surface area contributed by atoms with Gasteiger partial charge in [0.2, 0.25) is 0 Å². The Balaban J connectivity index is 0.000000683. The van der Waals surface area contributed by atoms with E-state index >= 15 is 0 Å². The number of halogens is 4. The largest absolute Gasteiger partial charge is 0.397 e. The van der Waals surface area contributed by atoms with Gasteiger partial charge >= 0.3 is 0 Å². The number of nitrogens with zero attached hydrogens (tertiary/aromatic N) is 5. The molecule has 0 fully saturated rings. The van der Waals surface area contributed by atoms with E-state index in [0.29, 0.717) is 34.0 Å². The maximum Gasteiger partial charge on any atom is 0.293 e. The predicted octanol–water partition coefficient (Wildman–Crippen LogP) is 9.82. The molecule has 0 aliphatic carbocycles. The number of nitro groups is 1. The van der Waals surface area contributed by atoms with Gasteiger partial charge in [0.05, 0.1) is 16.3 Å². The third kappa shape index (κ3) is 13.4. The van der Waals surface area contributed by atoms with E-state index in [1.807, 2.05) is 60.7 Å². The number of rotatable bonds is 7. The van der Waals surface area contributed by atoms with Gasteiger partial charge in [0, 0.05) is 66.0 Å². The second-order valence-corrected chi connectivity index (χ2v) is 10.3. The first-order valence-electron chi connectivity index (χ1n) is 11.3. The van der Waals surface area contributed by atoms with Gasteiger partial charge in [-0.05, 0) is 64.0 Å². The average molecular weight is 780 g/mol. The summed E-state index contributed by atoms with van der Waals surface area (Å²) in [6.45, 7) is 1.09. The van der Waals surface area contributed by atoms with Gasteiger partial charge in [-0.1, -0.05) is 91.5 Å². The van der Waals surface area contributed by atoms with Gasteiger partial charge in [-0.3, -0.25) is 10.1 Å². The van der Waals surface area contributed by atoms with Crippen molar-refractivity contribution < 1.29 is 22.0 Å². The summed E-state index contributed by atoms with van der Waals surface area (Å²) < 4.78 is 1.64. The zero-order valence-electron chi connectivity index (χ0n) is 21.5. The van der Waals surface area contributed by atoms with Crippen molar-refractivity contribution in [2.75, 3.05) is 16.4 Å². The van der Waals surface area contributed by atoms with Crippen LogP contribution < -0.4 is 16.4 Å². The molecule has 0 radical (unpaired) electrons.